The highest BCUT2D eigenvalue weighted by atomic mass is 16.3. The van der Waals surface area contributed by atoms with Gasteiger partial charge in [0.2, 0.25) is 0 Å². The van der Waals surface area contributed by atoms with Crippen molar-refractivity contribution >= 4 is 0 Å². The number of rotatable bonds is 5. The Balaban J connectivity index is 2.09. The number of phenolic OH excluding ortho intramolecular Hbond substituents is 2. The molecule has 0 bridgehead atoms. The van der Waals surface area contributed by atoms with Crippen molar-refractivity contribution in [2.24, 2.45) is 5.92 Å². The van der Waals surface area contributed by atoms with Gasteiger partial charge in [0.05, 0.1) is 5.56 Å². The molecule has 4 heteroatoms. The van der Waals surface area contributed by atoms with Crippen LogP contribution in [0.2, 0.25) is 0 Å². The number of benzene rings is 1. The van der Waals surface area contributed by atoms with Gasteiger partial charge in [-0.3, -0.25) is 4.90 Å². The molecule has 0 aliphatic carbocycles. The van der Waals surface area contributed by atoms with Crippen LogP contribution in [-0.4, -0.2) is 41.3 Å². The van der Waals surface area contributed by atoms with Crippen LogP contribution in [0.1, 0.15) is 38.3 Å². The lowest BCUT2D eigenvalue weighted by Crippen LogP contribution is -2.37. The minimum Gasteiger partial charge on any atom is -0.507 e. The van der Waals surface area contributed by atoms with E-state index < -0.39 is 0 Å². The largest absolute Gasteiger partial charge is 0.507 e. The molecular weight excluding hydrogens is 252 g/mol. The van der Waals surface area contributed by atoms with E-state index in [-0.39, 0.29) is 17.5 Å². The normalized spacial score (nSPS) is 18.4. The summed E-state index contributed by atoms with van der Waals surface area (Å²) in [5, 5.41) is 23.4. The summed E-state index contributed by atoms with van der Waals surface area (Å²) >= 11 is 0. The van der Waals surface area contributed by atoms with Crippen LogP contribution in [0, 0.1) is 5.92 Å². The van der Waals surface area contributed by atoms with Gasteiger partial charge in [-0.05, 0) is 57.5 Å². The van der Waals surface area contributed by atoms with Gasteiger partial charge in [-0.25, -0.2) is 0 Å². The summed E-state index contributed by atoms with van der Waals surface area (Å²) in [5.74, 6) is 1.06. The monoisotopic (exact) mass is 278 g/mol. The third-order valence-corrected chi connectivity index (χ3v) is 4.38. The standard InChI is InChI=1S/C16H26N2O2/c1-3-18(11-13-7-9-17-10-8-13)12(2)16-14(19)5-4-6-15(16)20/h4-6,12-13,17,19-20H,3,7-11H2,1-2H3. The lowest BCUT2D eigenvalue weighted by molar-refractivity contribution is 0.164. The molecular formula is C16H26N2O2. The van der Waals surface area contributed by atoms with Gasteiger partial charge in [-0.1, -0.05) is 13.0 Å². The fourth-order valence-corrected chi connectivity index (χ4v) is 3.11. The van der Waals surface area contributed by atoms with E-state index in [4.69, 9.17) is 0 Å². The molecule has 2 rings (SSSR count). The van der Waals surface area contributed by atoms with Crippen LogP contribution in [0.5, 0.6) is 11.5 Å². The Kier molecular flexibility index (Phi) is 5.26. The smallest absolute Gasteiger partial charge is 0.124 e. The van der Waals surface area contributed by atoms with Crippen LogP contribution in [0.4, 0.5) is 0 Å². The summed E-state index contributed by atoms with van der Waals surface area (Å²) in [4.78, 5) is 2.34. The van der Waals surface area contributed by atoms with Crippen molar-refractivity contribution in [1.82, 2.24) is 10.2 Å². The van der Waals surface area contributed by atoms with Crippen LogP contribution >= 0.6 is 0 Å². The third-order valence-electron chi connectivity index (χ3n) is 4.38. The van der Waals surface area contributed by atoms with E-state index in [1.165, 1.54) is 12.8 Å². The molecule has 1 aliphatic heterocycles. The Morgan fingerprint density at radius 1 is 1.25 bits per heavy atom. The minimum absolute atomic E-state index is 0.0242. The average molecular weight is 278 g/mol. The predicted octanol–water partition coefficient (Wildman–Crippen LogP) is 2.48. The quantitative estimate of drug-likeness (QED) is 0.774. The van der Waals surface area contributed by atoms with E-state index in [1.54, 1.807) is 18.2 Å². The molecule has 3 N–H and O–H groups in total. The van der Waals surface area contributed by atoms with Gasteiger partial charge in [0.15, 0.2) is 0 Å². The van der Waals surface area contributed by atoms with E-state index in [0.29, 0.717) is 11.5 Å². The molecule has 0 amide bonds. The van der Waals surface area contributed by atoms with Crippen molar-refractivity contribution in [2.45, 2.75) is 32.7 Å². The maximum atomic E-state index is 10.0. The second kappa shape index (κ2) is 6.95. The van der Waals surface area contributed by atoms with E-state index in [9.17, 15) is 10.2 Å². The second-order valence-corrected chi connectivity index (χ2v) is 5.67. The van der Waals surface area contributed by atoms with E-state index in [1.807, 2.05) is 0 Å². The Labute approximate surface area is 121 Å². The summed E-state index contributed by atoms with van der Waals surface area (Å²) in [6.07, 6.45) is 2.41. The Morgan fingerprint density at radius 2 is 1.85 bits per heavy atom. The zero-order valence-corrected chi connectivity index (χ0v) is 12.5. The number of piperidine rings is 1. The van der Waals surface area contributed by atoms with Crippen LogP contribution in [-0.2, 0) is 0 Å². The van der Waals surface area contributed by atoms with Crippen molar-refractivity contribution < 1.29 is 10.2 Å². The van der Waals surface area contributed by atoms with Crippen molar-refractivity contribution in [3.05, 3.63) is 23.8 Å². The first kappa shape index (κ1) is 15.1. The van der Waals surface area contributed by atoms with Crippen LogP contribution in [0.15, 0.2) is 18.2 Å². The maximum Gasteiger partial charge on any atom is 0.124 e. The minimum atomic E-state index is 0.0242. The fourth-order valence-electron chi connectivity index (χ4n) is 3.11. The van der Waals surface area contributed by atoms with Gasteiger partial charge in [-0.2, -0.15) is 0 Å². The molecule has 0 saturated carbocycles. The molecule has 0 radical (unpaired) electrons. The topological polar surface area (TPSA) is 55.7 Å². The number of hydrogen-bond acceptors (Lipinski definition) is 4. The molecule has 112 valence electrons. The molecule has 20 heavy (non-hydrogen) atoms. The fraction of sp³-hybridized carbons (Fsp3) is 0.625. The second-order valence-electron chi connectivity index (χ2n) is 5.67. The summed E-state index contributed by atoms with van der Waals surface area (Å²) in [5.41, 5.74) is 0.642. The third kappa shape index (κ3) is 3.44. The molecule has 1 aliphatic rings. The molecule has 1 fully saturated rings. The molecule has 0 spiro atoms. The first-order valence-corrected chi connectivity index (χ1v) is 7.59. The number of aromatic hydroxyl groups is 2. The zero-order valence-electron chi connectivity index (χ0n) is 12.5. The molecule has 1 heterocycles. The van der Waals surface area contributed by atoms with E-state index in [0.717, 1.165) is 26.2 Å². The summed E-state index contributed by atoms with van der Waals surface area (Å²) in [6, 6.07) is 4.98. The number of phenols is 2. The first-order chi connectivity index (χ1) is 9.63. The van der Waals surface area contributed by atoms with Crippen molar-refractivity contribution in [3.63, 3.8) is 0 Å². The molecule has 4 nitrogen and oxygen atoms in total. The van der Waals surface area contributed by atoms with Crippen molar-refractivity contribution in [2.75, 3.05) is 26.2 Å². The number of nitrogens with one attached hydrogen (secondary N) is 1. The first-order valence-electron chi connectivity index (χ1n) is 7.59. The Morgan fingerprint density at radius 3 is 2.40 bits per heavy atom. The zero-order chi connectivity index (χ0) is 14.5. The van der Waals surface area contributed by atoms with Gasteiger partial charge in [0.1, 0.15) is 11.5 Å². The van der Waals surface area contributed by atoms with Gasteiger partial charge >= 0.3 is 0 Å². The van der Waals surface area contributed by atoms with Crippen molar-refractivity contribution in [1.29, 1.82) is 0 Å². The summed E-state index contributed by atoms with van der Waals surface area (Å²) in [6.45, 7) is 8.32. The number of nitrogens with zero attached hydrogens (tertiary/aromatic N) is 1. The highest BCUT2D eigenvalue weighted by molar-refractivity contribution is 5.44. The molecule has 1 atom stereocenters. The Bertz CT molecular complexity index is 410. The van der Waals surface area contributed by atoms with E-state index >= 15 is 0 Å². The van der Waals surface area contributed by atoms with Crippen molar-refractivity contribution in [3.8, 4) is 11.5 Å². The maximum absolute atomic E-state index is 10.0. The van der Waals surface area contributed by atoms with Gasteiger partial charge in [0.25, 0.3) is 0 Å². The van der Waals surface area contributed by atoms with Gasteiger partial charge in [-0.15, -0.1) is 0 Å². The lowest BCUT2D eigenvalue weighted by atomic mass is 9.95. The van der Waals surface area contributed by atoms with Crippen LogP contribution in [0.25, 0.3) is 0 Å². The number of hydrogen-bond donors (Lipinski definition) is 3. The lowest BCUT2D eigenvalue weighted by Gasteiger charge is -2.34. The highest BCUT2D eigenvalue weighted by Crippen LogP contribution is 2.36. The molecule has 1 aromatic rings. The van der Waals surface area contributed by atoms with Gasteiger partial charge < -0.3 is 15.5 Å². The molecule has 1 aromatic carbocycles. The average Bonchev–Trinajstić information content (AvgIpc) is 2.45. The van der Waals surface area contributed by atoms with Crippen LogP contribution in [0.3, 0.4) is 0 Å². The molecule has 0 aromatic heterocycles. The predicted molar refractivity (Wildman–Crippen MR) is 81.0 cm³/mol. The molecule has 1 saturated heterocycles. The highest BCUT2D eigenvalue weighted by Gasteiger charge is 2.24. The van der Waals surface area contributed by atoms with E-state index in [2.05, 4.69) is 24.1 Å². The van der Waals surface area contributed by atoms with Gasteiger partial charge in [0, 0.05) is 12.6 Å². The SMILES string of the molecule is CCN(CC1CCNCC1)C(C)c1c(O)cccc1O. The summed E-state index contributed by atoms with van der Waals surface area (Å²) < 4.78 is 0. The van der Waals surface area contributed by atoms with Crippen LogP contribution < -0.4 is 5.32 Å². The molecule has 1 unspecified atom stereocenters. The Hall–Kier alpha value is -1.26. The summed E-state index contributed by atoms with van der Waals surface area (Å²) in [7, 11) is 0.